The van der Waals surface area contributed by atoms with Crippen LogP contribution in [-0.4, -0.2) is 5.11 Å². The van der Waals surface area contributed by atoms with Crippen LogP contribution in [0.3, 0.4) is 0 Å². The molecule has 0 amide bonds. The summed E-state index contributed by atoms with van der Waals surface area (Å²) in [6.45, 7) is 11.4. The van der Waals surface area contributed by atoms with Crippen molar-refractivity contribution >= 4 is 0 Å². The average Bonchev–Trinajstić information content (AvgIpc) is 2.16. The molecular formula is C11H20O. The molecule has 1 nitrogen and oxygen atoms in total. The first-order valence-corrected chi connectivity index (χ1v) is 4.43. The molecule has 0 heterocycles. The lowest BCUT2D eigenvalue weighted by molar-refractivity contribution is 0.419. The Kier molecular flexibility index (Phi) is 11.4. The van der Waals surface area contributed by atoms with Crippen LogP contribution in [0.15, 0.2) is 36.1 Å². The van der Waals surface area contributed by atoms with Gasteiger partial charge in [0.15, 0.2) is 0 Å². The third-order valence-electron chi connectivity index (χ3n) is 1.30. The van der Waals surface area contributed by atoms with Crippen LogP contribution < -0.4 is 0 Å². The van der Waals surface area contributed by atoms with Crippen molar-refractivity contribution < 1.29 is 5.11 Å². The van der Waals surface area contributed by atoms with Gasteiger partial charge in [-0.2, -0.15) is 0 Å². The molecule has 0 aliphatic rings. The summed E-state index contributed by atoms with van der Waals surface area (Å²) in [5.41, 5.74) is 0.928. The molecule has 12 heavy (non-hydrogen) atoms. The Balaban J connectivity index is 0. The maximum absolute atomic E-state index is 9.19. The van der Waals surface area contributed by atoms with Crippen molar-refractivity contribution in [3.8, 4) is 0 Å². The van der Waals surface area contributed by atoms with Crippen molar-refractivity contribution in [2.75, 3.05) is 0 Å². The minimum atomic E-state index is 0.349. The molecule has 0 spiro atoms. The van der Waals surface area contributed by atoms with Gasteiger partial charge in [-0.05, 0) is 25.0 Å². The van der Waals surface area contributed by atoms with E-state index in [4.69, 9.17) is 0 Å². The molecule has 70 valence electrons. The summed E-state index contributed by atoms with van der Waals surface area (Å²) in [5.74, 6) is 0.349. The molecule has 0 unspecified atom stereocenters. The van der Waals surface area contributed by atoms with Gasteiger partial charge in [0.25, 0.3) is 0 Å². The molecule has 0 saturated carbocycles. The highest BCUT2D eigenvalue weighted by molar-refractivity contribution is 5.27. The fourth-order valence-corrected chi connectivity index (χ4v) is 0.712. The van der Waals surface area contributed by atoms with E-state index in [1.54, 1.807) is 12.2 Å². The Morgan fingerprint density at radius 2 is 1.92 bits per heavy atom. The number of aliphatic hydroxyl groups is 1. The predicted octanol–water partition coefficient (Wildman–Crippen LogP) is 4.00. The highest BCUT2D eigenvalue weighted by Gasteiger charge is 1.95. The van der Waals surface area contributed by atoms with Crippen molar-refractivity contribution in [1.29, 1.82) is 0 Å². The average molecular weight is 168 g/mol. The summed E-state index contributed by atoms with van der Waals surface area (Å²) >= 11 is 0. The Morgan fingerprint density at radius 3 is 2.17 bits per heavy atom. The number of hydrogen-bond donors (Lipinski definition) is 1. The van der Waals surface area contributed by atoms with Crippen LogP contribution in [0.5, 0.6) is 0 Å². The lowest BCUT2D eigenvalue weighted by atomic mass is 10.1. The third-order valence-corrected chi connectivity index (χ3v) is 1.30. The first-order valence-electron chi connectivity index (χ1n) is 4.43. The fraction of sp³-hybridized carbons (Fsp3) is 0.455. The predicted molar refractivity (Wildman–Crippen MR) is 56.3 cm³/mol. The van der Waals surface area contributed by atoms with Gasteiger partial charge in [-0.15, -0.1) is 0 Å². The molecule has 0 saturated heterocycles. The number of allylic oxidation sites excluding steroid dienone is 4. The van der Waals surface area contributed by atoms with Crippen LogP contribution in [0.2, 0.25) is 0 Å². The zero-order valence-electron chi connectivity index (χ0n) is 8.59. The number of aliphatic hydroxyl groups excluding tert-OH is 1. The summed E-state index contributed by atoms with van der Waals surface area (Å²) in [5, 5.41) is 9.19. The van der Waals surface area contributed by atoms with Gasteiger partial charge >= 0.3 is 0 Å². The Morgan fingerprint density at radius 1 is 1.42 bits per heavy atom. The summed E-state index contributed by atoms with van der Waals surface area (Å²) in [7, 11) is 0. The van der Waals surface area contributed by atoms with E-state index in [-0.39, 0.29) is 0 Å². The van der Waals surface area contributed by atoms with Gasteiger partial charge < -0.3 is 5.11 Å². The van der Waals surface area contributed by atoms with Crippen molar-refractivity contribution in [2.24, 2.45) is 0 Å². The summed E-state index contributed by atoms with van der Waals surface area (Å²) in [4.78, 5) is 0. The maximum atomic E-state index is 9.19. The van der Waals surface area contributed by atoms with E-state index in [1.807, 2.05) is 33.8 Å². The molecule has 0 bridgehead atoms. The van der Waals surface area contributed by atoms with E-state index in [9.17, 15) is 5.11 Å². The monoisotopic (exact) mass is 168 g/mol. The largest absolute Gasteiger partial charge is 0.508 e. The minimum Gasteiger partial charge on any atom is -0.508 e. The van der Waals surface area contributed by atoms with Crippen LogP contribution >= 0.6 is 0 Å². The first kappa shape index (κ1) is 13.6. The Hall–Kier alpha value is -0.980. The van der Waals surface area contributed by atoms with Gasteiger partial charge in [0, 0.05) is 0 Å². The smallest absolute Gasteiger partial charge is 0.114 e. The molecule has 0 atom stereocenters. The zero-order chi connectivity index (χ0) is 9.98. The van der Waals surface area contributed by atoms with Crippen LogP contribution in [0.1, 0.15) is 34.1 Å². The molecule has 1 heteroatoms. The minimum absolute atomic E-state index is 0.349. The number of hydrogen-bond acceptors (Lipinski definition) is 1. The van der Waals surface area contributed by atoms with Gasteiger partial charge in [-0.25, -0.2) is 0 Å². The first-order chi connectivity index (χ1) is 5.76. The second-order valence-corrected chi connectivity index (χ2v) is 1.96. The Bertz CT molecular complexity index is 164. The topological polar surface area (TPSA) is 20.2 Å². The quantitative estimate of drug-likeness (QED) is 0.499. The van der Waals surface area contributed by atoms with E-state index >= 15 is 0 Å². The highest BCUT2D eigenvalue weighted by atomic mass is 16.3. The Labute approximate surface area is 76.1 Å². The molecule has 0 fully saturated rings. The van der Waals surface area contributed by atoms with Gasteiger partial charge in [0.05, 0.1) is 0 Å². The van der Waals surface area contributed by atoms with E-state index in [2.05, 4.69) is 6.58 Å². The zero-order valence-corrected chi connectivity index (χ0v) is 8.59. The molecule has 0 aromatic carbocycles. The second-order valence-electron chi connectivity index (χ2n) is 1.96. The van der Waals surface area contributed by atoms with E-state index in [1.165, 1.54) is 0 Å². The molecule has 0 aliphatic carbocycles. The molecule has 0 aromatic rings. The fourth-order valence-electron chi connectivity index (χ4n) is 0.712. The van der Waals surface area contributed by atoms with E-state index in [0.717, 1.165) is 12.0 Å². The third kappa shape index (κ3) is 5.78. The van der Waals surface area contributed by atoms with Crippen molar-refractivity contribution in [2.45, 2.75) is 34.1 Å². The summed E-state index contributed by atoms with van der Waals surface area (Å²) in [6, 6.07) is 0. The molecular weight excluding hydrogens is 148 g/mol. The SMILES string of the molecule is C=C/C=C(CC)\C(O)=C/C.CC. The van der Waals surface area contributed by atoms with Crippen molar-refractivity contribution in [3.63, 3.8) is 0 Å². The number of rotatable bonds is 3. The lowest BCUT2D eigenvalue weighted by Crippen LogP contribution is -1.84. The van der Waals surface area contributed by atoms with Crippen LogP contribution in [0.4, 0.5) is 0 Å². The standard InChI is InChI=1S/C9H14O.C2H6/c1-4-7-8(5-2)9(10)6-3;1-2/h4,6-7,10H,1,5H2,2-3H3;1-2H3/b8-7-,9-6+;. The summed E-state index contributed by atoms with van der Waals surface area (Å²) < 4.78 is 0. The van der Waals surface area contributed by atoms with E-state index < -0.39 is 0 Å². The molecule has 0 aliphatic heterocycles. The van der Waals surface area contributed by atoms with E-state index in [0.29, 0.717) is 5.76 Å². The maximum Gasteiger partial charge on any atom is 0.114 e. The van der Waals surface area contributed by atoms with Gasteiger partial charge in [-0.3, -0.25) is 0 Å². The van der Waals surface area contributed by atoms with Gasteiger partial charge in [0.2, 0.25) is 0 Å². The summed E-state index contributed by atoms with van der Waals surface area (Å²) in [6.07, 6.45) is 6.01. The molecule has 0 radical (unpaired) electrons. The van der Waals surface area contributed by atoms with Crippen molar-refractivity contribution in [1.82, 2.24) is 0 Å². The van der Waals surface area contributed by atoms with Crippen LogP contribution in [-0.2, 0) is 0 Å². The van der Waals surface area contributed by atoms with Gasteiger partial charge in [0.1, 0.15) is 5.76 Å². The van der Waals surface area contributed by atoms with Crippen LogP contribution in [0.25, 0.3) is 0 Å². The molecule has 1 N–H and O–H groups in total. The molecule has 0 rings (SSSR count). The van der Waals surface area contributed by atoms with Crippen LogP contribution in [0, 0.1) is 0 Å². The lowest BCUT2D eigenvalue weighted by Gasteiger charge is -1.99. The highest BCUT2D eigenvalue weighted by Crippen LogP contribution is 2.09. The van der Waals surface area contributed by atoms with Gasteiger partial charge in [-0.1, -0.05) is 39.5 Å². The second kappa shape index (κ2) is 10.0. The molecule has 0 aromatic heterocycles. The van der Waals surface area contributed by atoms with Crippen molar-refractivity contribution in [3.05, 3.63) is 36.1 Å². The normalized spacial score (nSPS) is 11.7.